The zero-order chi connectivity index (χ0) is 11.4. The van der Waals surface area contributed by atoms with E-state index in [9.17, 15) is 0 Å². The maximum atomic E-state index is 9.04. The van der Waals surface area contributed by atoms with E-state index in [-0.39, 0.29) is 0 Å². The van der Waals surface area contributed by atoms with Gasteiger partial charge in [-0.1, -0.05) is 13.3 Å². The molecule has 0 radical (unpaired) electrons. The van der Waals surface area contributed by atoms with Gasteiger partial charge in [-0.2, -0.15) is 0 Å². The van der Waals surface area contributed by atoms with Gasteiger partial charge in [0.2, 0.25) is 0 Å². The highest BCUT2D eigenvalue weighted by Gasteiger charge is 2.33. The third-order valence-electron chi connectivity index (χ3n) is 4.39. The molecule has 3 unspecified atom stereocenters. The van der Waals surface area contributed by atoms with Crippen LogP contribution < -0.4 is 5.32 Å². The molecule has 3 atom stereocenters. The maximum Gasteiger partial charge on any atom is 0.0434 e. The van der Waals surface area contributed by atoms with Gasteiger partial charge in [0.1, 0.15) is 0 Å². The van der Waals surface area contributed by atoms with Crippen molar-refractivity contribution >= 4 is 0 Å². The summed E-state index contributed by atoms with van der Waals surface area (Å²) in [6, 6.07) is 0.756. The highest BCUT2D eigenvalue weighted by Crippen LogP contribution is 2.26. The number of hydrogen-bond acceptors (Lipinski definition) is 3. The summed E-state index contributed by atoms with van der Waals surface area (Å²) in [5.41, 5.74) is 0. The molecule has 0 aromatic heterocycles. The fourth-order valence-electron chi connectivity index (χ4n) is 3.38. The number of piperidine rings is 1. The third-order valence-corrected chi connectivity index (χ3v) is 4.39. The Morgan fingerprint density at radius 3 is 3.00 bits per heavy atom. The van der Waals surface area contributed by atoms with Crippen LogP contribution in [0, 0.1) is 11.8 Å². The van der Waals surface area contributed by atoms with Crippen LogP contribution in [0.4, 0.5) is 0 Å². The molecule has 0 amide bonds. The second-order valence-corrected chi connectivity index (χ2v) is 5.41. The van der Waals surface area contributed by atoms with Gasteiger partial charge in [-0.3, -0.25) is 4.90 Å². The van der Waals surface area contributed by atoms with Gasteiger partial charge in [-0.05, 0) is 44.2 Å². The molecule has 2 rings (SSSR count). The molecule has 2 aliphatic heterocycles. The lowest BCUT2D eigenvalue weighted by molar-refractivity contribution is 0.0944. The first-order valence-corrected chi connectivity index (χ1v) is 6.90. The predicted molar refractivity (Wildman–Crippen MR) is 66.4 cm³/mol. The molecule has 0 bridgehead atoms. The molecule has 0 aliphatic carbocycles. The number of nitrogens with zero attached hydrogens (tertiary/aromatic N) is 1. The summed E-state index contributed by atoms with van der Waals surface area (Å²) in [5.74, 6) is 1.57. The van der Waals surface area contributed by atoms with Crippen molar-refractivity contribution in [3.05, 3.63) is 0 Å². The van der Waals surface area contributed by atoms with E-state index >= 15 is 0 Å². The van der Waals surface area contributed by atoms with Crippen molar-refractivity contribution in [2.45, 2.75) is 38.6 Å². The molecule has 2 heterocycles. The van der Waals surface area contributed by atoms with Crippen molar-refractivity contribution in [3.8, 4) is 0 Å². The van der Waals surface area contributed by atoms with Crippen LogP contribution in [-0.2, 0) is 0 Å². The van der Waals surface area contributed by atoms with Gasteiger partial charge >= 0.3 is 0 Å². The summed E-state index contributed by atoms with van der Waals surface area (Å²) >= 11 is 0. The Balaban J connectivity index is 1.88. The molecular weight excluding hydrogens is 200 g/mol. The van der Waals surface area contributed by atoms with Crippen molar-refractivity contribution in [1.29, 1.82) is 0 Å². The Morgan fingerprint density at radius 2 is 2.25 bits per heavy atom. The quantitative estimate of drug-likeness (QED) is 0.753. The van der Waals surface area contributed by atoms with Crippen LogP contribution in [0.1, 0.15) is 32.6 Å². The van der Waals surface area contributed by atoms with Crippen LogP contribution in [0.2, 0.25) is 0 Å². The lowest BCUT2D eigenvalue weighted by atomic mass is 9.91. The highest BCUT2D eigenvalue weighted by atomic mass is 16.3. The standard InChI is InChI=1S/C13H26N2O/c1-2-12-8-14-9-13(12)15-6-3-4-11(10-15)5-7-16/h11-14,16H,2-10H2,1H3. The smallest absolute Gasteiger partial charge is 0.0434 e. The van der Waals surface area contributed by atoms with Crippen LogP contribution in [-0.4, -0.2) is 48.8 Å². The van der Waals surface area contributed by atoms with E-state index in [2.05, 4.69) is 17.1 Å². The number of rotatable bonds is 4. The van der Waals surface area contributed by atoms with Gasteiger partial charge < -0.3 is 10.4 Å². The van der Waals surface area contributed by atoms with Gasteiger partial charge in [0.05, 0.1) is 0 Å². The van der Waals surface area contributed by atoms with Gasteiger partial charge in [-0.25, -0.2) is 0 Å². The average molecular weight is 226 g/mol. The van der Waals surface area contributed by atoms with Gasteiger partial charge in [-0.15, -0.1) is 0 Å². The fraction of sp³-hybridized carbons (Fsp3) is 1.00. The topological polar surface area (TPSA) is 35.5 Å². The third kappa shape index (κ3) is 2.76. The minimum atomic E-state index is 0.360. The van der Waals surface area contributed by atoms with E-state index < -0.39 is 0 Å². The van der Waals surface area contributed by atoms with Crippen molar-refractivity contribution in [2.75, 3.05) is 32.8 Å². The molecule has 0 aromatic rings. The van der Waals surface area contributed by atoms with E-state index in [1.807, 2.05) is 0 Å². The van der Waals surface area contributed by atoms with Crippen LogP contribution in [0.15, 0.2) is 0 Å². The van der Waals surface area contributed by atoms with Crippen molar-refractivity contribution in [2.24, 2.45) is 11.8 Å². The maximum absolute atomic E-state index is 9.04. The largest absolute Gasteiger partial charge is 0.396 e. The molecule has 3 heteroatoms. The number of nitrogens with one attached hydrogen (secondary N) is 1. The summed E-state index contributed by atoms with van der Waals surface area (Å²) in [5, 5.41) is 12.6. The Hall–Kier alpha value is -0.120. The Kier molecular flexibility index (Phi) is 4.62. The molecule has 3 nitrogen and oxygen atoms in total. The number of hydrogen-bond donors (Lipinski definition) is 2. The van der Waals surface area contributed by atoms with Crippen molar-refractivity contribution in [3.63, 3.8) is 0 Å². The van der Waals surface area contributed by atoms with Crippen LogP contribution in [0.5, 0.6) is 0 Å². The number of aliphatic hydroxyl groups is 1. The Morgan fingerprint density at radius 1 is 1.38 bits per heavy atom. The second-order valence-electron chi connectivity index (χ2n) is 5.41. The number of likely N-dealkylation sites (tertiary alicyclic amines) is 1. The Labute approximate surface area is 99.2 Å². The SMILES string of the molecule is CCC1CNCC1N1CCCC(CCO)C1. The molecule has 2 saturated heterocycles. The van der Waals surface area contributed by atoms with Gasteiger partial charge in [0.25, 0.3) is 0 Å². The first kappa shape index (κ1) is 12.3. The van der Waals surface area contributed by atoms with E-state index in [0.29, 0.717) is 6.61 Å². The molecule has 2 fully saturated rings. The lowest BCUT2D eigenvalue weighted by Gasteiger charge is -2.38. The van der Waals surface area contributed by atoms with E-state index in [1.54, 1.807) is 0 Å². The normalized spacial score (nSPS) is 36.8. The second kappa shape index (κ2) is 5.99. The molecular formula is C13H26N2O. The van der Waals surface area contributed by atoms with Crippen LogP contribution in [0.3, 0.4) is 0 Å². The van der Waals surface area contributed by atoms with E-state index in [4.69, 9.17) is 5.11 Å². The summed E-state index contributed by atoms with van der Waals surface area (Å²) in [7, 11) is 0. The van der Waals surface area contributed by atoms with E-state index in [1.165, 1.54) is 45.4 Å². The molecule has 2 N–H and O–H groups in total. The molecule has 94 valence electrons. The summed E-state index contributed by atoms with van der Waals surface area (Å²) in [6.45, 7) is 7.51. The van der Waals surface area contributed by atoms with Crippen LogP contribution in [0.25, 0.3) is 0 Å². The number of aliphatic hydroxyl groups excluding tert-OH is 1. The summed E-state index contributed by atoms with van der Waals surface area (Å²) < 4.78 is 0. The van der Waals surface area contributed by atoms with Crippen molar-refractivity contribution in [1.82, 2.24) is 10.2 Å². The predicted octanol–water partition coefficient (Wildman–Crippen LogP) is 1.08. The van der Waals surface area contributed by atoms with Gasteiger partial charge in [0, 0.05) is 25.7 Å². The Bertz CT molecular complexity index is 208. The summed E-state index contributed by atoms with van der Waals surface area (Å²) in [4.78, 5) is 2.68. The zero-order valence-electron chi connectivity index (χ0n) is 10.5. The fourth-order valence-corrected chi connectivity index (χ4v) is 3.38. The molecule has 0 spiro atoms. The zero-order valence-corrected chi connectivity index (χ0v) is 10.5. The molecule has 2 aliphatic rings. The summed E-state index contributed by atoms with van der Waals surface area (Å²) in [6.07, 6.45) is 4.91. The average Bonchev–Trinajstić information content (AvgIpc) is 2.78. The minimum absolute atomic E-state index is 0.360. The molecule has 0 saturated carbocycles. The first-order valence-electron chi connectivity index (χ1n) is 6.90. The first-order chi connectivity index (χ1) is 7.85. The van der Waals surface area contributed by atoms with Crippen LogP contribution >= 0.6 is 0 Å². The molecule has 0 aromatic carbocycles. The van der Waals surface area contributed by atoms with E-state index in [0.717, 1.165) is 24.3 Å². The molecule has 16 heavy (non-hydrogen) atoms. The van der Waals surface area contributed by atoms with Gasteiger partial charge in [0.15, 0.2) is 0 Å². The van der Waals surface area contributed by atoms with Crippen molar-refractivity contribution < 1.29 is 5.11 Å². The minimum Gasteiger partial charge on any atom is -0.396 e. The monoisotopic (exact) mass is 226 g/mol. The lowest BCUT2D eigenvalue weighted by Crippen LogP contribution is -2.46. The highest BCUT2D eigenvalue weighted by molar-refractivity contribution is 4.90.